The highest BCUT2D eigenvalue weighted by Gasteiger charge is 2.21. The number of hydrogen-bond donors (Lipinski definition) is 3. The average molecular weight is 509 g/mol. The number of ether oxygens (including phenoxy) is 2. The van der Waals surface area contributed by atoms with Crippen molar-refractivity contribution in [3.63, 3.8) is 0 Å². The number of aromatic nitrogens is 6. The summed E-state index contributed by atoms with van der Waals surface area (Å²) >= 11 is 0. The largest absolute Gasteiger partial charge is 0.494 e. The summed E-state index contributed by atoms with van der Waals surface area (Å²) in [5.41, 5.74) is 1.43. The van der Waals surface area contributed by atoms with Gasteiger partial charge in [-0.05, 0) is 36.8 Å². The van der Waals surface area contributed by atoms with E-state index in [9.17, 15) is 9.18 Å². The molecule has 0 saturated carbocycles. The molecule has 1 aliphatic heterocycles. The Morgan fingerprint density at radius 3 is 2.89 bits per heavy atom. The Morgan fingerprint density at radius 2 is 2.11 bits per heavy atom. The van der Waals surface area contributed by atoms with Crippen LogP contribution in [0.25, 0.3) is 11.4 Å². The third-order valence-electron chi connectivity index (χ3n) is 5.53. The number of pyridine rings is 1. The highest BCUT2D eigenvalue weighted by Crippen LogP contribution is 2.39. The quantitative estimate of drug-likeness (QED) is 0.376. The minimum atomic E-state index is -2.76. The van der Waals surface area contributed by atoms with E-state index >= 15 is 0 Å². The normalized spacial score (nSPS) is 14.2. The fourth-order valence-electron chi connectivity index (χ4n) is 3.79. The minimum absolute atomic E-state index is 0.0607. The molecule has 5 rings (SSSR count). The van der Waals surface area contributed by atoms with E-state index in [2.05, 4.69) is 35.9 Å². The molecule has 0 saturated heterocycles. The molecule has 0 aliphatic carbocycles. The highest BCUT2D eigenvalue weighted by molar-refractivity contribution is 5.99. The number of rotatable bonds is 4. The average Bonchev–Trinajstić information content (AvgIpc) is 3.38. The zero-order chi connectivity index (χ0) is 28.4. The maximum absolute atomic E-state index is 14.5. The van der Waals surface area contributed by atoms with Crippen LogP contribution < -0.4 is 20.7 Å². The van der Waals surface area contributed by atoms with Crippen molar-refractivity contribution in [2.24, 2.45) is 0 Å². The van der Waals surface area contributed by atoms with E-state index in [1.54, 1.807) is 23.1 Å². The van der Waals surface area contributed by atoms with Gasteiger partial charge in [0.05, 0.1) is 37.3 Å². The Morgan fingerprint density at radius 1 is 1.22 bits per heavy atom. The standard InChI is InChI=1S/C24H24FN9O3/c1-4-34-12-27-23(33-34)14-7-13-8-17(22(14)36-3)28-16-9-20(31-32-21(16)24(35)26-2)30-19-6-5-15(25)18(29-19)11-37-10-13/h5-9,12,28H,4,10-11H2,1-3H3,(H,26,35)(H,29,30,31)/i2D3. The van der Waals surface area contributed by atoms with Crippen molar-refractivity contribution >= 4 is 28.9 Å². The van der Waals surface area contributed by atoms with Crippen molar-refractivity contribution in [2.45, 2.75) is 26.7 Å². The Hall–Kier alpha value is -4.65. The smallest absolute Gasteiger partial charge is 0.273 e. The molecule has 37 heavy (non-hydrogen) atoms. The first kappa shape index (κ1) is 20.5. The third-order valence-corrected chi connectivity index (χ3v) is 5.53. The number of carbonyl (C=O) groups is 1. The second kappa shape index (κ2) is 10.1. The highest BCUT2D eigenvalue weighted by atomic mass is 19.1. The van der Waals surface area contributed by atoms with Crippen LogP contribution in [0.15, 0.2) is 36.7 Å². The Balaban J connectivity index is 1.68. The van der Waals surface area contributed by atoms with E-state index in [0.717, 1.165) is 0 Å². The van der Waals surface area contributed by atoms with Gasteiger partial charge in [0, 0.05) is 23.7 Å². The summed E-state index contributed by atoms with van der Waals surface area (Å²) in [6.45, 7) is -0.289. The maximum Gasteiger partial charge on any atom is 0.273 e. The van der Waals surface area contributed by atoms with E-state index in [-0.39, 0.29) is 41.9 Å². The minimum Gasteiger partial charge on any atom is -0.494 e. The van der Waals surface area contributed by atoms with Crippen LogP contribution >= 0.6 is 0 Å². The molecule has 3 N–H and O–H groups in total. The van der Waals surface area contributed by atoms with Crippen molar-refractivity contribution in [3.05, 3.63) is 59.4 Å². The zero-order valence-electron chi connectivity index (χ0n) is 22.9. The lowest BCUT2D eigenvalue weighted by atomic mass is 10.1. The SMILES string of the molecule is [2H]C([2H])([2H])NC(=O)c1nnc2cc1Nc1cc(cc(-c3ncn(CC)n3)c1OC)COCc1nc(ccc1F)N2. The topological polar surface area (TPSA) is 141 Å². The molecule has 13 heteroatoms. The summed E-state index contributed by atoms with van der Waals surface area (Å²) in [7, 11) is 1.47. The molecule has 0 unspecified atom stereocenters. The van der Waals surface area contributed by atoms with Crippen LogP contribution in [0.3, 0.4) is 0 Å². The number of nitrogens with zero attached hydrogens (tertiary/aromatic N) is 6. The van der Waals surface area contributed by atoms with Gasteiger partial charge in [0.25, 0.3) is 5.91 Å². The number of methoxy groups -OCH3 is 1. The molecule has 0 spiro atoms. The van der Waals surface area contributed by atoms with Crippen LogP contribution in [0.4, 0.5) is 27.4 Å². The van der Waals surface area contributed by atoms with E-state index < -0.39 is 18.7 Å². The predicted molar refractivity (Wildman–Crippen MR) is 132 cm³/mol. The Labute approximate surface area is 215 Å². The first-order valence-electron chi connectivity index (χ1n) is 12.7. The summed E-state index contributed by atoms with van der Waals surface area (Å²) in [5.74, 6) is -0.403. The van der Waals surface area contributed by atoms with Crippen LogP contribution in [0.1, 0.15) is 32.8 Å². The second-order valence-electron chi connectivity index (χ2n) is 7.96. The van der Waals surface area contributed by atoms with Gasteiger partial charge in [-0.15, -0.1) is 10.2 Å². The number of benzene rings is 1. The fraction of sp³-hybridized carbons (Fsp3) is 0.250. The Bertz CT molecular complexity index is 1580. The summed E-state index contributed by atoms with van der Waals surface area (Å²) < 4.78 is 49.9. The number of amides is 1. The van der Waals surface area contributed by atoms with Crippen molar-refractivity contribution in [1.29, 1.82) is 0 Å². The molecule has 12 nitrogen and oxygen atoms in total. The first-order valence-corrected chi connectivity index (χ1v) is 11.2. The molecule has 1 amide bonds. The van der Waals surface area contributed by atoms with Crippen LogP contribution in [-0.4, -0.2) is 49.9 Å². The van der Waals surface area contributed by atoms with Gasteiger partial charge in [0.15, 0.2) is 23.1 Å². The van der Waals surface area contributed by atoms with Gasteiger partial charge >= 0.3 is 0 Å². The molecule has 0 radical (unpaired) electrons. The molecule has 1 aromatic carbocycles. The number of hydrogen-bond acceptors (Lipinski definition) is 10. The number of carbonyl (C=O) groups excluding carboxylic acids is 1. The monoisotopic (exact) mass is 508 g/mol. The molecule has 0 atom stereocenters. The molecular formula is C24H24FN9O3. The van der Waals surface area contributed by atoms with Gasteiger partial charge in [-0.25, -0.2) is 14.4 Å². The third kappa shape index (κ3) is 4.89. The maximum atomic E-state index is 14.5. The first-order chi connectivity index (χ1) is 19.1. The van der Waals surface area contributed by atoms with Crippen molar-refractivity contribution < 1.29 is 22.8 Å². The van der Waals surface area contributed by atoms with Gasteiger partial charge < -0.3 is 25.4 Å². The summed E-state index contributed by atoms with van der Waals surface area (Å²) in [4.78, 5) is 21.5. The van der Waals surface area contributed by atoms with Crippen LogP contribution in [-0.2, 0) is 24.5 Å². The van der Waals surface area contributed by atoms with Gasteiger partial charge in [-0.2, -0.15) is 5.10 Å². The van der Waals surface area contributed by atoms with Crippen LogP contribution in [0, 0.1) is 5.82 Å². The van der Waals surface area contributed by atoms with Crippen molar-refractivity contribution in [3.8, 4) is 17.1 Å². The lowest BCUT2D eigenvalue weighted by Crippen LogP contribution is -2.21. The van der Waals surface area contributed by atoms with Crippen molar-refractivity contribution in [2.75, 3.05) is 24.7 Å². The van der Waals surface area contributed by atoms with Gasteiger partial charge in [-0.1, -0.05) is 0 Å². The summed E-state index contributed by atoms with van der Waals surface area (Å²) in [6.07, 6.45) is 1.58. The molecule has 0 fully saturated rings. The summed E-state index contributed by atoms with van der Waals surface area (Å²) in [6, 6.07) is 7.60. The molecule has 4 aromatic rings. The number of aryl methyl sites for hydroxylation is 1. The second-order valence-corrected chi connectivity index (χ2v) is 7.96. The van der Waals surface area contributed by atoms with Gasteiger partial charge in [0.1, 0.15) is 23.7 Å². The van der Waals surface area contributed by atoms with E-state index in [1.165, 1.54) is 25.3 Å². The van der Waals surface area contributed by atoms with E-state index in [1.807, 2.05) is 12.2 Å². The lowest BCUT2D eigenvalue weighted by molar-refractivity contribution is 0.0958. The number of nitrogens with one attached hydrogen (secondary N) is 3. The molecule has 190 valence electrons. The Kier molecular flexibility index (Phi) is 5.63. The van der Waals surface area contributed by atoms with Gasteiger partial charge in [-0.3, -0.25) is 9.48 Å². The molecule has 3 aromatic heterocycles. The van der Waals surface area contributed by atoms with Gasteiger partial charge in [0.2, 0.25) is 0 Å². The lowest BCUT2D eigenvalue weighted by Gasteiger charge is -2.18. The van der Waals surface area contributed by atoms with Crippen LogP contribution in [0.5, 0.6) is 5.75 Å². The predicted octanol–water partition coefficient (Wildman–Crippen LogP) is 3.17. The van der Waals surface area contributed by atoms with E-state index in [0.29, 0.717) is 34.9 Å². The molecule has 4 heterocycles. The fourth-order valence-corrected chi connectivity index (χ4v) is 3.79. The number of halogens is 1. The molecular weight excluding hydrogens is 481 g/mol. The molecule has 6 bridgehead atoms. The van der Waals surface area contributed by atoms with Crippen molar-refractivity contribution in [1.82, 2.24) is 35.3 Å². The summed E-state index contributed by atoms with van der Waals surface area (Å²) in [5, 5.41) is 20.4. The zero-order valence-corrected chi connectivity index (χ0v) is 19.9. The van der Waals surface area contributed by atoms with Crippen LogP contribution in [0.2, 0.25) is 0 Å². The number of anilines is 4. The molecule has 1 aliphatic rings. The number of fused-ring (bicyclic) bond motifs is 6. The van der Waals surface area contributed by atoms with E-state index in [4.69, 9.17) is 13.6 Å².